The first-order chi connectivity index (χ1) is 11.9. The van der Waals surface area contributed by atoms with Crippen LogP contribution in [0.3, 0.4) is 0 Å². The molecule has 2 heterocycles. The molecule has 0 saturated carbocycles. The summed E-state index contributed by atoms with van der Waals surface area (Å²) in [6, 6.07) is 10.8. The van der Waals surface area contributed by atoms with E-state index in [1.54, 1.807) is 18.2 Å². The number of nitrogens with one attached hydrogen (secondary N) is 1. The molecule has 0 spiro atoms. The van der Waals surface area contributed by atoms with Gasteiger partial charge in [-0.25, -0.2) is 8.42 Å². The maximum absolute atomic E-state index is 12.5. The molecule has 0 radical (unpaired) electrons. The van der Waals surface area contributed by atoms with Crippen LogP contribution in [0.2, 0.25) is 0 Å². The molecule has 0 bridgehead atoms. The van der Waals surface area contributed by atoms with Crippen LogP contribution in [0, 0.1) is 0 Å². The SMILES string of the molecule is Cn1cccc1[C@@H]1CCCN1CC(=O)Nc1ccccc1S(C)(=O)=O. The van der Waals surface area contributed by atoms with Crippen LogP contribution in [-0.2, 0) is 21.7 Å². The topological polar surface area (TPSA) is 71.4 Å². The highest BCUT2D eigenvalue weighted by molar-refractivity contribution is 7.90. The summed E-state index contributed by atoms with van der Waals surface area (Å²) in [4.78, 5) is 14.8. The lowest BCUT2D eigenvalue weighted by atomic mass is 10.1. The predicted octanol–water partition coefficient (Wildman–Crippen LogP) is 2.20. The van der Waals surface area contributed by atoms with Crippen molar-refractivity contribution in [3.8, 4) is 0 Å². The van der Waals surface area contributed by atoms with Crippen LogP contribution in [0.25, 0.3) is 0 Å². The summed E-state index contributed by atoms with van der Waals surface area (Å²) in [5.41, 5.74) is 1.53. The average molecular weight is 361 g/mol. The molecule has 25 heavy (non-hydrogen) atoms. The van der Waals surface area contributed by atoms with E-state index in [-0.39, 0.29) is 23.4 Å². The van der Waals surface area contributed by atoms with Gasteiger partial charge in [-0.15, -0.1) is 0 Å². The Morgan fingerprint density at radius 3 is 2.68 bits per heavy atom. The number of nitrogens with zero attached hydrogens (tertiary/aromatic N) is 2. The van der Waals surface area contributed by atoms with Gasteiger partial charge in [-0.05, 0) is 43.7 Å². The highest BCUT2D eigenvalue weighted by Crippen LogP contribution is 2.31. The monoisotopic (exact) mass is 361 g/mol. The molecule has 1 aliphatic rings. The second-order valence-corrected chi connectivity index (χ2v) is 8.47. The standard InChI is InChI=1S/C18H23N3O3S/c1-20-11-5-8-15(20)16-9-6-12-21(16)13-18(22)19-14-7-3-4-10-17(14)25(2,23)24/h3-5,7-8,10-11,16H,6,9,12-13H2,1-2H3,(H,19,22)/t16-/m0/s1. The van der Waals surface area contributed by atoms with Gasteiger partial charge in [0.25, 0.3) is 0 Å². The second-order valence-electron chi connectivity index (χ2n) is 6.49. The Morgan fingerprint density at radius 1 is 1.24 bits per heavy atom. The minimum absolute atomic E-state index is 0.142. The fraction of sp³-hybridized carbons (Fsp3) is 0.389. The first kappa shape index (κ1) is 17.7. The third-order valence-corrected chi connectivity index (χ3v) is 5.75. The van der Waals surface area contributed by atoms with Crippen molar-refractivity contribution in [3.63, 3.8) is 0 Å². The molecule has 1 amide bonds. The van der Waals surface area contributed by atoms with E-state index in [1.165, 1.54) is 11.8 Å². The zero-order valence-corrected chi connectivity index (χ0v) is 15.3. The van der Waals surface area contributed by atoms with E-state index in [9.17, 15) is 13.2 Å². The molecule has 1 aromatic carbocycles. The summed E-state index contributed by atoms with van der Waals surface area (Å²) in [6.45, 7) is 1.10. The quantitative estimate of drug-likeness (QED) is 0.886. The van der Waals surface area contributed by atoms with Crippen LogP contribution >= 0.6 is 0 Å². The van der Waals surface area contributed by atoms with Crippen LogP contribution < -0.4 is 5.32 Å². The van der Waals surface area contributed by atoms with Crippen molar-refractivity contribution in [2.75, 3.05) is 24.7 Å². The summed E-state index contributed by atoms with van der Waals surface area (Å²) in [5.74, 6) is -0.197. The zero-order chi connectivity index (χ0) is 18.0. The summed E-state index contributed by atoms with van der Waals surface area (Å²) >= 11 is 0. The number of hydrogen-bond acceptors (Lipinski definition) is 4. The number of aromatic nitrogens is 1. The third kappa shape index (κ3) is 3.93. The first-order valence-corrected chi connectivity index (χ1v) is 10.2. The van der Waals surface area contributed by atoms with Crippen LogP contribution in [0.1, 0.15) is 24.6 Å². The van der Waals surface area contributed by atoms with E-state index in [1.807, 2.05) is 19.3 Å². The molecule has 0 aliphatic carbocycles. The molecule has 1 aliphatic heterocycles. The Labute approximate surface area is 148 Å². The Hall–Kier alpha value is -2.12. The van der Waals surface area contributed by atoms with Crippen LogP contribution in [-0.4, -0.2) is 43.1 Å². The van der Waals surface area contributed by atoms with Gasteiger partial charge in [-0.3, -0.25) is 9.69 Å². The average Bonchev–Trinajstić information content (AvgIpc) is 3.15. The van der Waals surface area contributed by atoms with Crippen LogP contribution in [0.4, 0.5) is 5.69 Å². The fourth-order valence-corrected chi connectivity index (χ4v) is 4.28. The van der Waals surface area contributed by atoms with Gasteiger partial charge in [0.15, 0.2) is 9.84 Å². The fourth-order valence-electron chi connectivity index (χ4n) is 3.44. The van der Waals surface area contributed by atoms with Crippen molar-refractivity contribution >= 4 is 21.4 Å². The van der Waals surface area contributed by atoms with E-state index in [2.05, 4.69) is 20.9 Å². The van der Waals surface area contributed by atoms with Crippen molar-refractivity contribution in [2.45, 2.75) is 23.8 Å². The number of rotatable bonds is 5. The van der Waals surface area contributed by atoms with E-state index in [0.717, 1.165) is 25.6 Å². The number of carbonyl (C=O) groups excluding carboxylic acids is 1. The van der Waals surface area contributed by atoms with Crippen LogP contribution in [0.5, 0.6) is 0 Å². The zero-order valence-electron chi connectivity index (χ0n) is 14.5. The summed E-state index contributed by atoms with van der Waals surface area (Å²) in [6.07, 6.45) is 5.21. The van der Waals surface area contributed by atoms with E-state index in [0.29, 0.717) is 5.69 Å². The Bertz CT molecular complexity index is 873. The number of carbonyl (C=O) groups is 1. The molecule has 134 valence electrons. The molecule has 1 fully saturated rings. The maximum Gasteiger partial charge on any atom is 0.238 e. The van der Waals surface area contributed by atoms with Gasteiger partial charge < -0.3 is 9.88 Å². The number of sulfone groups is 1. The van der Waals surface area contributed by atoms with Gasteiger partial charge in [0, 0.05) is 25.2 Å². The molecule has 1 saturated heterocycles. The number of aryl methyl sites for hydroxylation is 1. The number of likely N-dealkylation sites (tertiary alicyclic amines) is 1. The second kappa shape index (κ2) is 7.01. The Balaban J connectivity index is 1.72. The number of amides is 1. The molecule has 1 atom stereocenters. The number of anilines is 1. The van der Waals surface area contributed by atoms with Gasteiger partial charge in [-0.1, -0.05) is 12.1 Å². The van der Waals surface area contributed by atoms with E-state index in [4.69, 9.17) is 0 Å². The lowest BCUT2D eigenvalue weighted by Crippen LogP contribution is -2.33. The number of benzene rings is 1. The smallest absolute Gasteiger partial charge is 0.238 e. The largest absolute Gasteiger partial charge is 0.353 e. The van der Waals surface area contributed by atoms with Gasteiger partial charge >= 0.3 is 0 Å². The molecular weight excluding hydrogens is 338 g/mol. The first-order valence-electron chi connectivity index (χ1n) is 8.30. The molecule has 7 heteroatoms. The normalized spacial score (nSPS) is 18.4. The van der Waals surface area contributed by atoms with E-state index < -0.39 is 9.84 Å². The van der Waals surface area contributed by atoms with Crippen molar-refractivity contribution in [2.24, 2.45) is 7.05 Å². The summed E-state index contributed by atoms with van der Waals surface area (Å²) in [7, 11) is -1.38. The van der Waals surface area contributed by atoms with Gasteiger partial charge in [0.05, 0.1) is 23.2 Å². The number of para-hydroxylation sites is 1. The molecular formula is C18H23N3O3S. The Kier molecular flexibility index (Phi) is 4.96. The lowest BCUT2D eigenvalue weighted by molar-refractivity contribution is -0.117. The molecule has 6 nitrogen and oxygen atoms in total. The highest BCUT2D eigenvalue weighted by Gasteiger charge is 2.29. The van der Waals surface area contributed by atoms with E-state index >= 15 is 0 Å². The molecule has 1 aromatic heterocycles. The van der Waals surface area contributed by atoms with Crippen molar-refractivity contribution in [3.05, 3.63) is 48.3 Å². The van der Waals surface area contributed by atoms with Crippen molar-refractivity contribution in [1.82, 2.24) is 9.47 Å². The summed E-state index contributed by atoms with van der Waals surface area (Å²) in [5, 5.41) is 2.76. The molecule has 1 N–H and O–H groups in total. The molecule has 2 aromatic rings. The van der Waals surface area contributed by atoms with Gasteiger partial charge in [-0.2, -0.15) is 0 Å². The number of hydrogen-bond donors (Lipinski definition) is 1. The predicted molar refractivity (Wildman–Crippen MR) is 97.1 cm³/mol. The third-order valence-electron chi connectivity index (χ3n) is 4.60. The van der Waals surface area contributed by atoms with Crippen LogP contribution in [0.15, 0.2) is 47.5 Å². The van der Waals surface area contributed by atoms with Gasteiger partial charge in [0.1, 0.15) is 0 Å². The van der Waals surface area contributed by atoms with Gasteiger partial charge in [0.2, 0.25) is 5.91 Å². The minimum atomic E-state index is -3.39. The Morgan fingerprint density at radius 2 is 2.00 bits per heavy atom. The van der Waals surface area contributed by atoms with Crippen molar-refractivity contribution < 1.29 is 13.2 Å². The lowest BCUT2D eigenvalue weighted by Gasteiger charge is -2.24. The summed E-state index contributed by atoms with van der Waals surface area (Å²) < 4.78 is 25.8. The minimum Gasteiger partial charge on any atom is -0.353 e. The van der Waals surface area contributed by atoms with Crippen molar-refractivity contribution in [1.29, 1.82) is 0 Å². The maximum atomic E-state index is 12.5. The molecule has 3 rings (SSSR count). The highest BCUT2D eigenvalue weighted by atomic mass is 32.2. The molecule has 0 unspecified atom stereocenters.